The third kappa shape index (κ3) is 2.46. The molecule has 3 atom stereocenters. The Labute approximate surface area is 141 Å². The van der Waals surface area contributed by atoms with E-state index in [9.17, 15) is 4.79 Å². The van der Waals surface area contributed by atoms with Gasteiger partial charge in [-0.3, -0.25) is 4.79 Å². The second kappa shape index (κ2) is 5.69. The highest BCUT2D eigenvalue weighted by Gasteiger charge is 2.47. The Bertz CT molecular complexity index is 727. The van der Waals surface area contributed by atoms with Gasteiger partial charge in [-0.25, -0.2) is 0 Å². The van der Waals surface area contributed by atoms with Gasteiger partial charge in [0, 0.05) is 38.8 Å². The lowest BCUT2D eigenvalue weighted by Gasteiger charge is -2.28. The first kappa shape index (κ1) is 14.8. The van der Waals surface area contributed by atoms with E-state index in [4.69, 9.17) is 11.6 Å². The van der Waals surface area contributed by atoms with Gasteiger partial charge in [-0.05, 0) is 17.5 Å². The van der Waals surface area contributed by atoms with Crippen molar-refractivity contribution in [3.8, 4) is 0 Å². The highest BCUT2D eigenvalue weighted by Crippen LogP contribution is 2.43. The number of hydrogen-bond donors (Lipinski definition) is 1. The Balaban J connectivity index is 1.71. The summed E-state index contributed by atoms with van der Waals surface area (Å²) in [5.74, 6) is 1.08. The van der Waals surface area contributed by atoms with Crippen molar-refractivity contribution >= 4 is 17.5 Å². The summed E-state index contributed by atoms with van der Waals surface area (Å²) in [5, 5.41) is 4.08. The molecule has 4 nitrogen and oxygen atoms in total. The molecule has 1 aromatic carbocycles. The highest BCUT2D eigenvalue weighted by molar-refractivity contribution is 6.31. The van der Waals surface area contributed by atoms with E-state index in [0.29, 0.717) is 22.6 Å². The molecule has 0 aliphatic carbocycles. The number of aryl methyl sites for hydroxylation is 1. The molecule has 1 aromatic heterocycles. The minimum Gasteiger partial charge on any atom is -0.345 e. The molecule has 23 heavy (non-hydrogen) atoms. The van der Waals surface area contributed by atoms with Crippen LogP contribution in [0.15, 0.2) is 42.6 Å². The second-order valence-electron chi connectivity index (χ2n) is 6.55. The first-order chi connectivity index (χ1) is 11.1. The van der Waals surface area contributed by atoms with E-state index in [1.807, 2.05) is 34.7 Å². The number of aromatic nitrogens is 1. The van der Waals surface area contributed by atoms with Crippen molar-refractivity contribution in [2.45, 2.75) is 6.04 Å². The molecule has 0 unspecified atom stereocenters. The number of benzene rings is 1. The van der Waals surface area contributed by atoms with Gasteiger partial charge in [0.2, 0.25) is 0 Å². The molecule has 0 spiro atoms. The quantitative estimate of drug-likeness (QED) is 0.920. The molecule has 120 valence electrons. The fraction of sp³-hybridized carbons (Fsp3) is 0.389. The molecular formula is C18H20ClN3O. The monoisotopic (exact) mass is 329 g/mol. The SMILES string of the molecule is Cn1cc(Cl)cc1C(=O)N1C[C@@H]2CNC[C@@H]2[C@H]1c1ccccc1. The maximum absolute atomic E-state index is 13.1. The molecule has 1 N–H and O–H groups in total. The number of carbonyl (C=O) groups excluding carboxylic acids is 1. The van der Waals surface area contributed by atoms with E-state index >= 15 is 0 Å². The molecule has 2 aliphatic rings. The summed E-state index contributed by atoms with van der Waals surface area (Å²) in [6, 6.07) is 12.3. The Morgan fingerprint density at radius 2 is 2.04 bits per heavy atom. The van der Waals surface area contributed by atoms with Crippen molar-refractivity contribution in [1.82, 2.24) is 14.8 Å². The molecule has 3 heterocycles. The molecule has 1 amide bonds. The van der Waals surface area contributed by atoms with Crippen LogP contribution in [0.2, 0.25) is 5.02 Å². The number of amides is 1. The number of likely N-dealkylation sites (tertiary alicyclic amines) is 1. The second-order valence-corrected chi connectivity index (χ2v) is 6.99. The first-order valence-electron chi connectivity index (χ1n) is 8.03. The first-order valence-corrected chi connectivity index (χ1v) is 8.41. The van der Waals surface area contributed by atoms with Crippen molar-refractivity contribution in [1.29, 1.82) is 0 Å². The summed E-state index contributed by atoms with van der Waals surface area (Å²) in [6.45, 7) is 2.77. The van der Waals surface area contributed by atoms with Gasteiger partial charge in [-0.2, -0.15) is 0 Å². The van der Waals surface area contributed by atoms with Crippen molar-refractivity contribution in [2.24, 2.45) is 18.9 Å². The molecule has 4 rings (SSSR count). The average Bonchev–Trinajstić information content (AvgIpc) is 3.21. The van der Waals surface area contributed by atoms with Gasteiger partial charge in [0.15, 0.2) is 0 Å². The molecule has 5 heteroatoms. The van der Waals surface area contributed by atoms with Gasteiger partial charge in [-0.1, -0.05) is 41.9 Å². The molecule has 0 radical (unpaired) electrons. The maximum Gasteiger partial charge on any atom is 0.271 e. The maximum atomic E-state index is 13.1. The van der Waals surface area contributed by atoms with Crippen LogP contribution in [0, 0.1) is 11.8 Å². The van der Waals surface area contributed by atoms with Gasteiger partial charge < -0.3 is 14.8 Å². The average molecular weight is 330 g/mol. The number of nitrogens with one attached hydrogen (secondary N) is 1. The van der Waals surface area contributed by atoms with Crippen molar-refractivity contribution in [3.63, 3.8) is 0 Å². The van der Waals surface area contributed by atoms with Crippen LogP contribution in [-0.4, -0.2) is 35.0 Å². The number of hydrogen-bond acceptors (Lipinski definition) is 2. The zero-order chi connectivity index (χ0) is 16.0. The minimum atomic E-state index is 0.0719. The van der Waals surface area contributed by atoms with Crippen LogP contribution < -0.4 is 5.32 Å². The van der Waals surface area contributed by atoms with Crippen molar-refractivity contribution in [2.75, 3.05) is 19.6 Å². The Morgan fingerprint density at radius 3 is 2.74 bits per heavy atom. The fourth-order valence-corrected chi connectivity index (χ4v) is 4.34. The number of carbonyl (C=O) groups is 1. The Kier molecular flexibility index (Phi) is 3.66. The van der Waals surface area contributed by atoms with Crippen LogP contribution in [0.25, 0.3) is 0 Å². The predicted molar refractivity (Wildman–Crippen MR) is 90.5 cm³/mol. The number of halogens is 1. The Morgan fingerprint density at radius 1 is 1.26 bits per heavy atom. The van der Waals surface area contributed by atoms with Crippen LogP contribution in [0.5, 0.6) is 0 Å². The largest absolute Gasteiger partial charge is 0.345 e. The minimum absolute atomic E-state index is 0.0719. The summed E-state index contributed by atoms with van der Waals surface area (Å²) in [7, 11) is 1.87. The summed E-state index contributed by atoms with van der Waals surface area (Å²) < 4.78 is 1.82. The summed E-state index contributed by atoms with van der Waals surface area (Å²) in [6.07, 6.45) is 1.78. The van der Waals surface area contributed by atoms with Crippen LogP contribution >= 0.6 is 11.6 Å². The van der Waals surface area contributed by atoms with E-state index in [2.05, 4.69) is 17.4 Å². The van der Waals surface area contributed by atoms with Crippen LogP contribution in [0.3, 0.4) is 0 Å². The third-order valence-corrected chi connectivity index (χ3v) is 5.36. The van der Waals surface area contributed by atoms with E-state index in [0.717, 1.165) is 19.6 Å². The smallest absolute Gasteiger partial charge is 0.271 e. The van der Waals surface area contributed by atoms with Gasteiger partial charge in [0.1, 0.15) is 5.69 Å². The standard InChI is InChI=1S/C18H20ClN3O/c1-21-11-14(19)7-16(21)18(23)22-10-13-8-20-9-15(13)17(22)12-5-3-2-4-6-12/h2-7,11,13,15,17,20H,8-10H2,1H3/t13-,15-,17+/m0/s1. The van der Waals surface area contributed by atoms with Crippen molar-refractivity contribution < 1.29 is 4.79 Å². The lowest BCUT2D eigenvalue weighted by molar-refractivity contribution is 0.0704. The number of rotatable bonds is 2. The van der Waals surface area contributed by atoms with E-state index in [1.165, 1.54) is 5.56 Å². The van der Waals surface area contributed by atoms with E-state index in [1.54, 1.807) is 12.3 Å². The zero-order valence-corrected chi connectivity index (χ0v) is 13.8. The third-order valence-electron chi connectivity index (χ3n) is 5.16. The Hall–Kier alpha value is -1.78. The highest BCUT2D eigenvalue weighted by atomic mass is 35.5. The normalized spacial score (nSPS) is 26.5. The molecule has 2 aliphatic heterocycles. The molecular weight excluding hydrogens is 310 g/mol. The number of nitrogens with zero attached hydrogens (tertiary/aromatic N) is 2. The van der Waals surface area contributed by atoms with E-state index < -0.39 is 0 Å². The molecule has 2 saturated heterocycles. The molecule has 0 saturated carbocycles. The molecule has 0 bridgehead atoms. The number of fused-ring (bicyclic) bond motifs is 1. The van der Waals surface area contributed by atoms with Crippen LogP contribution in [0.4, 0.5) is 0 Å². The summed E-state index contributed by atoms with van der Waals surface area (Å²) >= 11 is 6.06. The summed E-state index contributed by atoms with van der Waals surface area (Å²) in [5.41, 5.74) is 1.88. The van der Waals surface area contributed by atoms with Gasteiger partial charge >= 0.3 is 0 Å². The van der Waals surface area contributed by atoms with Gasteiger partial charge in [0.25, 0.3) is 5.91 Å². The fourth-order valence-electron chi connectivity index (χ4n) is 4.09. The van der Waals surface area contributed by atoms with Crippen LogP contribution in [-0.2, 0) is 7.05 Å². The topological polar surface area (TPSA) is 37.3 Å². The summed E-state index contributed by atoms with van der Waals surface area (Å²) in [4.78, 5) is 15.2. The van der Waals surface area contributed by atoms with E-state index in [-0.39, 0.29) is 11.9 Å². The molecule has 2 aromatic rings. The van der Waals surface area contributed by atoms with Crippen molar-refractivity contribution in [3.05, 3.63) is 58.9 Å². The van der Waals surface area contributed by atoms with Gasteiger partial charge in [-0.15, -0.1) is 0 Å². The lowest BCUT2D eigenvalue weighted by Crippen LogP contribution is -2.35. The lowest BCUT2D eigenvalue weighted by atomic mass is 9.89. The zero-order valence-electron chi connectivity index (χ0n) is 13.1. The van der Waals surface area contributed by atoms with Crippen LogP contribution in [0.1, 0.15) is 22.1 Å². The van der Waals surface area contributed by atoms with Gasteiger partial charge in [0.05, 0.1) is 11.1 Å². The molecule has 2 fully saturated rings. The predicted octanol–water partition coefficient (Wildman–Crippen LogP) is 2.71.